The third-order valence-electron chi connectivity index (χ3n) is 1.87. The second kappa shape index (κ2) is 2.55. The molecule has 1 atom stereocenters. The van der Waals surface area contributed by atoms with Gasteiger partial charge in [0.25, 0.3) is 0 Å². The van der Waals surface area contributed by atoms with E-state index < -0.39 is 0 Å². The zero-order chi connectivity index (χ0) is 7.68. The summed E-state index contributed by atoms with van der Waals surface area (Å²) >= 11 is 0. The van der Waals surface area contributed by atoms with E-state index in [9.17, 15) is 0 Å². The van der Waals surface area contributed by atoms with Crippen LogP contribution in [0.3, 0.4) is 0 Å². The second-order valence-electron chi connectivity index (χ2n) is 2.93. The summed E-state index contributed by atoms with van der Waals surface area (Å²) in [5.41, 5.74) is 4.23. The van der Waals surface area contributed by atoms with Crippen LogP contribution in [0.2, 0.25) is 0 Å². The molecule has 0 fully saturated rings. The molecule has 1 unspecified atom stereocenters. The Morgan fingerprint density at radius 1 is 1.45 bits per heavy atom. The summed E-state index contributed by atoms with van der Waals surface area (Å²) in [6.07, 6.45) is 1.05. The lowest BCUT2D eigenvalue weighted by molar-refractivity contribution is 0.142. The summed E-state index contributed by atoms with van der Waals surface area (Å²) in [7, 11) is 0. The first-order valence-corrected chi connectivity index (χ1v) is 3.86. The van der Waals surface area contributed by atoms with Crippen LogP contribution < -0.4 is 10.3 Å². The molecule has 0 radical (unpaired) electrons. The average Bonchev–Trinajstić information content (AvgIpc) is 2.04. The van der Waals surface area contributed by atoms with Gasteiger partial charge in [-0.3, -0.25) is 0 Å². The highest BCUT2D eigenvalue weighted by Crippen LogP contribution is 2.21. The van der Waals surface area contributed by atoms with Gasteiger partial charge in [-0.25, -0.2) is 0 Å². The number of hydroxylamine groups is 1. The first kappa shape index (κ1) is 6.68. The van der Waals surface area contributed by atoms with Crippen LogP contribution in [0.1, 0.15) is 12.5 Å². The first-order valence-electron chi connectivity index (χ1n) is 3.86. The van der Waals surface area contributed by atoms with E-state index in [0.29, 0.717) is 6.04 Å². The van der Waals surface area contributed by atoms with E-state index in [2.05, 4.69) is 18.5 Å². The van der Waals surface area contributed by atoms with Gasteiger partial charge in [-0.15, -0.1) is 0 Å². The number of fused-ring (bicyclic) bond motifs is 1. The molecule has 2 heteroatoms. The van der Waals surface area contributed by atoms with E-state index in [1.165, 1.54) is 5.56 Å². The normalized spacial score (nSPS) is 22.1. The number of benzene rings is 1. The minimum atomic E-state index is 0.421. The van der Waals surface area contributed by atoms with Gasteiger partial charge in [0.15, 0.2) is 0 Å². The highest BCUT2D eigenvalue weighted by atomic mass is 16.6. The van der Waals surface area contributed by atoms with Crippen molar-refractivity contribution in [3.05, 3.63) is 29.8 Å². The van der Waals surface area contributed by atoms with Crippen molar-refractivity contribution in [2.24, 2.45) is 0 Å². The molecular weight excluding hydrogens is 138 g/mol. The van der Waals surface area contributed by atoms with Crippen LogP contribution in [-0.4, -0.2) is 6.04 Å². The summed E-state index contributed by atoms with van der Waals surface area (Å²) in [6, 6.07) is 8.53. The predicted octanol–water partition coefficient (Wildman–Crippen LogP) is 1.51. The summed E-state index contributed by atoms with van der Waals surface area (Å²) in [5, 5.41) is 0. The third-order valence-corrected chi connectivity index (χ3v) is 1.87. The Morgan fingerprint density at radius 2 is 2.27 bits per heavy atom. The summed E-state index contributed by atoms with van der Waals surface area (Å²) in [4.78, 5) is 5.29. The molecule has 0 spiro atoms. The molecule has 2 rings (SSSR count). The van der Waals surface area contributed by atoms with E-state index in [-0.39, 0.29) is 0 Å². The van der Waals surface area contributed by atoms with Crippen LogP contribution >= 0.6 is 0 Å². The Balaban J connectivity index is 2.34. The summed E-state index contributed by atoms with van der Waals surface area (Å²) < 4.78 is 0. The SMILES string of the molecule is CC1Cc2ccccc2ON1. The smallest absolute Gasteiger partial charge is 0.150 e. The largest absolute Gasteiger partial charge is 0.408 e. The van der Waals surface area contributed by atoms with E-state index in [4.69, 9.17) is 4.84 Å². The van der Waals surface area contributed by atoms with Crippen LogP contribution in [-0.2, 0) is 6.42 Å². The summed E-state index contributed by atoms with van der Waals surface area (Å²) in [5.74, 6) is 0.964. The molecule has 1 N–H and O–H groups in total. The van der Waals surface area contributed by atoms with Crippen LogP contribution in [0.25, 0.3) is 0 Å². The molecular formula is C9H11NO. The van der Waals surface area contributed by atoms with Crippen molar-refractivity contribution in [3.8, 4) is 5.75 Å². The van der Waals surface area contributed by atoms with Gasteiger partial charge in [0.2, 0.25) is 0 Å². The number of rotatable bonds is 0. The van der Waals surface area contributed by atoms with Crippen LogP contribution in [0.15, 0.2) is 24.3 Å². The van der Waals surface area contributed by atoms with Crippen molar-refractivity contribution in [1.29, 1.82) is 0 Å². The van der Waals surface area contributed by atoms with Gasteiger partial charge in [0.1, 0.15) is 5.75 Å². The van der Waals surface area contributed by atoms with Crippen LogP contribution in [0, 0.1) is 0 Å². The van der Waals surface area contributed by atoms with Crippen LogP contribution in [0.4, 0.5) is 0 Å². The third kappa shape index (κ3) is 1.21. The Hall–Kier alpha value is -1.02. The van der Waals surface area contributed by atoms with Crippen molar-refractivity contribution < 1.29 is 4.84 Å². The zero-order valence-corrected chi connectivity index (χ0v) is 6.50. The van der Waals surface area contributed by atoms with Crippen molar-refractivity contribution in [1.82, 2.24) is 5.48 Å². The highest BCUT2D eigenvalue weighted by Gasteiger charge is 2.13. The maximum Gasteiger partial charge on any atom is 0.150 e. The molecule has 2 nitrogen and oxygen atoms in total. The van der Waals surface area contributed by atoms with Gasteiger partial charge in [0.05, 0.1) is 0 Å². The Bertz CT molecular complexity index is 259. The van der Waals surface area contributed by atoms with E-state index >= 15 is 0 Å². The molecule has 1 aliphatic heterocycles. The fourth-order valence-corrected chi connectivity index (χ4v) is 1.31. The van der Waals surface area contributed by atoms with Gasteiger partial charge < -0.3 is 4.84 Å². The highest BCUT2D eigenvalue weighted by molar-refractivity contribution is 5.34. The lowest BCUT2D eigenvalue weighted by Crippen LogP contribution is -2.35. The molecule has 0 aliphatic carbocycles. The van der Waals surface area contributed by atoms with Gasteiger partial charge in [-0.05, 0) is 25.0 Å². The van der Waals surface area contributed by atoms with Crippen molar-refractivity contribution in [3.63, 3.8) is 0 Å². The number of nitrogens with one attached hydrogen (secondary N) is 1. The maximum absolute atomic E-state index is 5.29. The van der Waals surface area contributed by atoms with Crippen molar-refractivity contribution >= 4 is 0 Å². The molecule has 1 aromatic rings. The fraction of sp³-hybridized carbons (Fsp3) is 0.333. The molecule has 1 aromatic carbocycles. The minimum Gasteiger partial charge on any atom is -0.408 e. The molecule has 0 saturated heterocycles. The van der Waals surface area contributed by atoms with E-state index in [0.717, 1.165) is 12.2 Å². The Labute approximate surface area is 66.1 Å². The molecule has 58 valence electrons. The number of hydrogen-bond donors (Lipinski definition) is 1. The minimum absolute atomic E-state index is 0.421. The fourth-order valence-electron chi connectivity index (χ4n) is 1.31. The monoisotopic (exact) mass is 149 g/mol. The van der Waals surface area contributed by atoms with Gasteiger partial charge >= 0.3 is 0 Å². The lowest BCUT2D eigenvalue weighted by Gasteiger charge is -2.22. The lowest BCUT2D eigenvalue weighted by atomic mass is 10.1. The quantitative estimate of drug-likeness (QED) is 0.603. The summed E-state index contributed by atoms with van der Waals surface area (Å²) in [6.45, 7) is 2.11. The zero-order valence-electron chi connectivity index (χ0n) is 6.50. The maximum atomic E-state index is 5.29. The molecule has 0 aromatic heterocycles. The van der Waals surface area contributed by atoms with Gasteiger partial charge in [-0.1, -0.05) is 18.2 Å². The van der Waals surface area contributed by atoms with Crippen LogP contribution in [0.5, 0.6) is 5.75 Å². The molecule has 0 amide bonds. The van der Waals surface area contributed by atoms with Crippen molar-refractivity contribution in [2.45, 2.75) is 19.4 Å². The molecule has 0 bridgehead atoms. The van der Waals surface area contributed by atoms with Gasteiger partial charge in [0, 0.05) is 6.04 Å². The molecule has 1 aliphatic rings. The molecule has 0 saturated carbocycles. The van der Waals surface area contributed by atoms with E-state index in [1.807, 2.05) is 18.2 Å². The van der Waals surface area contributed by atoms with Crippen molar-refractivity contribution in [2.75, 3.05) is 0 Å². The average molecular weight is 149 g/mol. The predicted molar refractivity (Wildman–Crippen MR) is 43.4 cm³/mol. The first-order chi connectivity index (χ1) is 5.36. The van der Waals surface area contributed by atoms with E-state index in [1.54, 1.807) is 0 Å². The topological polar surface area (TPSA) is 21.3 Å². The second-order valence-corrected chi connectivity index (χ2v) is 2.93. The molecule has 1 heterocycles. The molecule has 11 heavy (non-hydrogen) atoms. The Kier molecular flexibility index (Phi) is 1.55. The van der Waals surface area contributed by atoms with Gasteiger partial charge in [-0.2, -0.15) is 5.48 Å². The number of para-hydroxylation sites is 1. The standard InChI is InChI=1S/C9H11NO/c1-7-6-8-4-2-3-5-9(8)11-10-7/h2-5,7,10H,6H2,1H3. The number of hydrogen-bond acceptors (Lipinski definition) is 2. The Morgan fingerprint density at radius 3 is 3.18 bits per heavy atom.